The molecule has 0 saturated carbocycles. The van der Waals surface area contributed by atoms with Crippen molar-refractivity contribution in [2.24, 2.45) is 0 Å². The van der Waals surface area contributed by atoms with E-state index in [1.807, 2.05) is 0 Å². The SMILES string of the molecule is COc1ccc(C(=O)NCC(=O)N2CCCN(c3csc4c(F)cccc34)C2=O)cc1OC. The Hall–Kier alpha value is -3.66. The van der Waals surface area contributed by atoms with Gasteiger partial charge in [0.1, 0.15) is 5.82 Å². The maximum absolute atomic E-state index is 14.1. The molecule has 172 valence electrons. The highest BCUT2D eigenvalue weighted by Gasteiger charge is 2.32. The Labute approximate surface area is 193 Å². The number of carbonyl (C=O) groups excluding carboxylic acids is 3. The fourth-order valence-corrected chi connectivity index (χ4v) is 4.69. The largest absolute Gasteiger partial charge is 0.493 e. The number of anilines is 1. The molecular formula is C23H22FN3O5S. The highest BCUT2D eigenvalue weighted by Crippen LogP contribution is 2.36. The number of hydrogen-bond donors (Lipinski definition) is 1. The fourth-order valence-electron chi connectivity index (χ4n) is 3.73. The summed E-state index contributed by atoms with van der Waals surface area (Å²) in [6.45, 7) is 0.325. The van der Waals surface area contributed by atoms with Crippen molar-refractivity contribution in [3.05, 3.63) is 53.2 Å². The third-order valence-electron chi connectivity index (χ3n) is 5.39. The van der Waals surface area contributed by atoms with Crippen LogP contribution in [0.4, 0.5) is 14.9 Å². The Morgan fingerprint density at radius 2 is 1.91 bits per heavy atom. The van der Waals surface area contributed by atoms with Crippen molar-refractivity contribution >= 4 is 45.0 Å². The monoisotopic (exact) mass is 471 g/mol. The van der Waals surface area contributed by atoms with Crippen molar-refractivity contribution in [1.29, 1.82) is 0 Å². The summed E-state index contributed by atoms with van der Waals surface area (Å²) in [5.74, 6) is -0.490. The Morgan fingerprint density at radius 3 is 2.67 bits per heavy atom. The van der Waals surface area contributed by atoms with Crippen molar-refractivity contribution in [2.75, 3.05) is 38.8 Å². The van der Waals surface area contributed by atoms with E-state index in [9.17, 15) is 18.8 Å². The fraction of sp³-hybridized carbons (Fsp3) is 0.261. The molecule has 8 nitrogen and oxygen atoms in total. The van der Waals surface area contributed by atoms with E-state index in [1.165, 1.54) is 42.6 Å². The molecule has 4 amide bonds. The highest BCUT2D eigenvalue weighted by molar-refractivity contribution is 7.17. The van der Waals surface area contributed by atoms with Crippen LogP contribution in [0.5, 0.6) is 11.5 Å². The molecule has 10 heteroatoms. The highest BCUT2D eigenvalue weighted by atomic mass is 32.1. The van der Waals surface area contributed by atoms with Crippen molar-refractivity contribution in [3.8, 4) is 11.5 Å². The Kier molecular flexibility index (Phi) is 6.45. The minimum atomic E-state index is -0.524. The molecule has 3 aromatic rings. The van der Waals surface area contributed by atoms with Gasteiger partial charge in [-0.2, -0.15) is 0 Å². The van der Waals surface area contributed by atoms with Gasteiger partial charge in [0.25, 0.3) is 5.91 Å². The Bertz CT molecular complexity index is 1230. The summed E-state index contributed by atoms with van der Waals surface area (Å²) in [6, 6.07) is 8.88. The molecule has 0 spiro atoms. The molecule has 1 fully saturated rings. The van der Waals surface area contributed by atoms with Crippen LogP contribution in [0, 0.1) is 5.82 Å². The molecule has 1 N–H and O–H groups in total. The summed E-state index contributed by atoms with van der Waals surface area (Å²) in [4.78, 5) is 40.9. The molecule has 4 rings (SSSR count). The van der Waals surface area contributed by atoms with Crippen molar-refractivity contribution < 1.29 is 28.2 Å². The van der Waals surface area contributed by atoms with Crippen LogP contribution < -0.4 is 19.7 Å². The van der Waals surface area contributed by atoms with Gasteiger partial charge in [0.15, 0.2) is 11.5 Å². The van der Waals surface area contributed by atoms with Crippen LogP contribution >= 0.6 is 11.3 Å². The van der Waals surface area contributed by atoms with E-state index in [1.54, 1.807) is 29.6 Å². The second-order valence-electron chi connectivity index (χ2n) is 7.32. The molecule has 0 aliphatic carbocycles. The summed E-state index contributed by atoms with van der Waals surface area (Å²) in [7, 11) is 2.95. The van der Waals surface area contributed by atoms with E-state index in [0.29, 0.717) is 45.8 Å². The van der Waals surface area contributed by atoms with Gasteiger partial charge in [-0.25, -0.2) is 9.18 Å². The van der Waals surface area contributed by atoms with E-state index in [2.05, 4.69) is 5.32 Å². The first kappa shape index (κ1) is 22.5. The number of urea groups is 1. The third kappa shape index (κ3) is 4.34. The van der Waals surface area contributed by atoms with Crippen molar-refractivity contribution in [1.82, 2.24) is 10.2 Å². The quantitative estimate of drug-likeness (QED) is 0.593. The van der Waals surface area contributed by atoms with Crippen LogP contribution in [-0.4, -0.2) is 56.6 Å². The number of methoxy groups -OCH3 is 2. The number of carbonyl (C=O) groups is 3. The van der Waals surface area contributed by atoms with E-state index < -0.39 is 17.8 Å². The van der Waals surface area contributed by atoms with Gasteiger partial charge in [-0.05, 0) is 30.7 Å². The average molecular weight is 472 g/mol. The van der Waals surface area contributed by atoms with E-state index in [4.69, 9.17) is 9.47 Å². The van der Waals surface area contributed by atoms with Crippen molar-refractivity contribution in [3.63, 3.8) is 0 Å². The topological polar surface area (TPSA) is 88.2 Å². The molecular weight excluding hydrogens is 449 g/mol. The molecule has 1 aliphatic heterocycles. The molecule has 2 aromatic carbocycles. The van der Waals surface area contributed by atoms with Gasteiger partial charge in [0.05, 0.1) is 31.2 Å². The third-order valence-corrected chi connectivity index (χ3v) is 6.39. The van der Waals surface area contributed by atoms with Gasteiger partial charge >= 0.3 is 6.03 Å². The standard InChI is InChI=1S/C23H22FN3O5S/c1-31-18-8-7-14(11-19(18)32-2)22(29)25-12-20(28)27-10-4-9-26(23(27)30)17-13-33-21-15(17)5-3-6-16(21)24/h3,5-8,11,13H,4,9-10,12H2,1-2H3,(H,25,29). The number of rotatable bonds is 6. The zero-order valence-corrected chi connectivity index (χ0v) is 18.9. The molecule has 1 aliphatic rings. The smallest absolute Gasteiger partial charge is 0.331 e. The molecule has 0 atom stereocenters. The predicted octanol–water partition coefficient (Wildman–Crippen LogP) is 3.65. The number of fused-ring (bicyclic) bond motifs is 1. The van der Waals surface area contributed by atoms with Gasteiger partial charge in [-0.1, -0.05) is 12.1 Å². The summed E-state index contributed by atoms with van der Waals surface area (Å²) in [5, 5.41) is 4.90. The Morgan fingerprint density at radius 1 is 1.12 bits per heavy atom. The number of benzene rings is 2. The minimum Gasteiger partial charge on any atom is -0.493 e. The predicted molar refractivity (Wildman–Crippen MR) is 123 cm³/mol. The minimum absolute atomic E-state index is 0.247. The number of hydrogen-bond acceptors (Lipinski definition) is 6. The average Bonchev–Trinajstić information content (AvgIpc) is 3.27. The number of nitrogens with zero attached hydrogens (tertiary/aromatic N) is 2. The van der Waals surface area contributed by atoms with E-state index in [0.717, 1.165) is 4.90 Å². The number of nitrogens with one attached hydrogen (secondary N) is 1. The normalized spacial score (nSPS) is 13.8. The lowest BCUT2D eigenvalue weighted by atomic mass is 10.2. The molecule has 2 heterocycles. The van der Waals surface area contributed by atoms with Gasteiger partial charge in [0.2, 0.25) is 5.91 Å². The molecule has 0 radical (unpaired) electrons. The lowest BCUT2D eigenvalue weighted by molar-refractivity contribution is -0.127. The first-order chi connectivity index (χ1) is 15.9. The maximum atomic E-state index is 14.1. The zero-order chi connectivity index (χ0) is 23.5. The zero-order valence-electron chi connectivity index (χ0n) is 18.1. The number of imide groups is 1. The first-order valence-electron chi connectivity index (χ1n) is 10.2. The van der Waals surface area contributed by atoms with Crippen molar-refractivity contribution in [2.45, 2.75) is 6.42 Å². The first-order valence-corrected chi connectivity index (χ1v) is 11.1. The second kappa shape index (κ2) is 9.45. The number of thiophene rings is 1. The van der Waals surface area contributed by atoms with Crippen LogP contribution in [0.15, 0.2) is 41.8 Å². The molecule has 0 bridgehead atoms. The summed E-state index contributed by atoms with van der Waals surface area (Å²) in [5.41, 5.74) is 0.866. The van der Waals surface area contributed by atoms with Gasteiger partial charge in [-0.3, -0.25) is 19.4 Å². The molecule has 1 saturated heterocycles. The second-order valence-corrected chi connectivity index (χ2v) is 8.20. The summed E-state index contributed by atoms with van der Waals surface area (Å²) >= 11 is 1.21. The molecule has 0 unspecified atom stereocenters. The lowest BCUT2D eigenvalue weighted by Gasteiger charge is -2.34. The van der Waals surface area contributed by atoms with Crippen LogP contribution in [0.3, 0.4) is 0 Å². The summed E-state index contributed by atoms with van der Waals surface area (Å²) in [6.07, 6.45) is 0.563. The Balaban J connectivity index is 1.44. The number of ether oxygens (including phenoxy) is 2. The van der Waals surface area contributed by atoms with Crippen LogP contribution in [0.1, 0.15) is 16.8 Å². The van der Waals surface area contributed by atoms with Crippen LogP contribution in [-0.2, 0) is 4.79 Å². The van der Waals surface area contributed by atoms with Crippen LogP contribution in [0.25, 0.3) is 10.1 Å². The maximum Gasteiger partial charge on any atom is 0.331 e. The van der Waals surface area contributed by atoms with Gasteiger partial charge in [0, 0.05) is 29.4 Å². The lowest BCUT2D eigenvalue weighted by Crippen LogP contribution is -2.54. The number of halogens is 1. The van der Waals surface area contributed by atoms with E-state index in [-0.39, 0.29) is 18.9 Å². The van der Waals surface area contributed by atoms with Gasteiger partial charge < -0.3 is 14.8 Å². The van der Waals surface area contributed by atoms with Crippen LogP contribution in [0.2, 0.25) is 0 Å². The molecule has 33 heavy (non-hydrogen) atoms. The number of amides is 4. The molecule has 1 aromatic heterocycles. The van der Waals surface area contributed by atoms with E-state index >= 15 is 0 Å². The van der Waals surface area contributed by atoms with Gasteiger partial charge in [-0.15, -0.1) is 11.3 Å². The summed E-state index contributed by atoms with van der Waals surface area (Å²) < 4.78 is 24.9.